The van der Waals surface area contributed by atoms with Crippen LogP contribution in [0.1, 0.15) is 230 Å². The Labute approximate surface area is 302 Å². The summed E-state index contributed by atoms with van der Waals surface area (Å²) in [5, 5.41) is 11.3. The van der Waals surface area contributed by atoms with Gasteiger partial charge in [0.25, 0.3) is 0 Å². The van der Waals surface area contributed by atoms with Gasteiger partial charge in [0.15, 0.2) is 0 Å². The van der Waals surface area contributed by atoms with Crippen molar-refractivity contribution in [1.82, 2.24) is 16.0 Å². The SMILES string of the molecule is CCCCCCCCCCCCNCc1cc(CNCCCCCCCCCCCC)cc(CNCCCCCCCCCCCC)c1. The number of nitrogens with one attached hydrogen (secondary N) is 3. The lowest BCUT2D eigenvalue weighted by Gasteiger charge is -2.13. The molecule has 0 unspecified atom stereocenters. The van der Waals surface area contributed by atoms with Gasteiger partial charge in [-0.05, 0) is 55.6 Å². The van der Waals surface area contributed by atoms with E-state index in [1.165, 1.54) is 209 Å². The van der Waals surface area contributed by atoms with Crippen LogP contribution < -0.4 is 16.0 Å². The molecule has 3 nitrogen and oxygen atoms in total. The van der Waals surface area contributed by atoms with Crippen molar-refractivity contribution < 1.29 is 0 Å². The van der Waals surface area contributed by atoms with Gasteiger partial charge in [-0.15, -0.1) is 0 Å². The summed E-state index contributed by atoms with van der Waals surface area (Å²) in [6.07, 6.45) is 42.2. The summed E-state index contributed by atoms with van der Waals surface area (Å²) in [6.45, 7) is 13.3. The Balaban J connectivity index is 2.32. The van der Waals surface area contributed by atoms with Gasteiger partial charge in [0.1, 0.15) is 0 Å². The molecule has 0 aromatic heterocycles. The molecule has 0 atom stereocenters. The average Bonchev–Trinajstić information content (AvgIpc) is 3.09. The highest BCUT2D eigenvalue weighted by Gasteiger charge is 2.04. The second-order valence-electron chi connectivity index (χ2n) is 15.2. The van der Waals surface area contributed by atoms with Gasteiger partial charge in [-0.2, -0.15) is 0 Å². The number of rotatable bonds is 39. The lowest BCUT2D eigenvalue weighted by atomic mass is 10.0. The highest BCUT2D eigenvalue weighted by Crippen LogP contribution is 2.14. The molecule has 0 bridgehead atoms. The molecular formula is C45H87N3. The smallest absolute Gasteiger partial charge is 0.0205 e. The molecule has 0 aliphatic carbocycles. The summed E-state index contributed by atoms with van der Waals surface area (Å²) in [4.78, 5) is 0. The van der Waals surface area contributed by atoms with Crippen LogP contribution in [0.4, 0.5) is 0 Å². The van der Waals surface area contributed by atoms with Gasteiger partial charge in [-0.3, -0.25) is 0 Å². The normalized spacial score (nSPS) is 11.6. The van der Waals surface area contributed by atoms with Crippen molar-refractivity contribution in [2.45, 2.75) is 233 Å². The molecular weight excluding hydrogens is 583 g/mol. The maximum atomic E-state index is 3.77. The van der Waals surface area contributed by atoms with Gasteiger partial charge in [0, 0.05) is 19.6 Å². The predicted octanol–water partition coefficient (Wildman–Crippen LogP) is 13.7. The molecule has 48 heavy (non-hydrogen) atoms. The molecule has 0 aliphatic rings. The molecule has 1 aromatic carbocycles. The molecule has 3 N–H and O–H groups in total. The summed E-state index contributed by atoms with van der Waals surface area (Å²) < 4.78 is 0. The number of hydrogen-bond acceptors (Lipinski definition) is 3. The third kappa shape index (κ3) is 31.1. The molecule has 282 valence electrons. The zero-order chi connectivity index (χ0) is 34.4. The van der Waals surface area contributed by atoms with Crippen LogP contribution in [0.5, 0.6) is 0 Å². The molecule has 1 rings (SSSR count). The van der Waals surface area contributed by atoms with E-state index in [1.807, 2.05) is 0 Å². The largest absolute Gasteiger partial charge is 0.313 e. The van der Waals surface area contributed by atoms with E-state index in [1.54, 1.807) is 0 Å². The van der Waals surface area contributed by atoms with Crippen LogP contribution in [-0.4, -0.2) is 19.6 Å². The molecule has 0 radical (unpaired) electrons. The Hall–Kier alpha value is -0.900. The van der Waals surface area contributed by atoms with Crippen LogP contribution in [0.25, 0.3) is 0 Å². The topological polar surface area (TPSA) is 36.1 Å². The standard InChI is InChI=1S/C45H87N3/c1-4-7-10-13-16-19-22-25-28-31-34-46-40-43-37-44(41-47-35-32-29-26-23-20-17-14-11-8-5-2)39-45(38-43)42-48-36-33-30-27-24-21-18-15-12-9-6-3/h37-39,46-48H,4-36,40-42H2,1-3H3. The monoisotopic (exact) mass is 670 g/mol. The molecule has 0 heterocycles. The van der Waals surface area contributed by atoms with Crippen molar-refractivity contribution in [1.29, 1.82) is 0 Å². The molecule has 3 heteroatoms. The van der Waals surface area contributed by atoms with Gasteiger partial charge in [0.05, 0.1) is 0 Å². The molecule has 1 aromatic rings. The summed E-state index contributed by atoms with van der Waals surface area (Å²) in [5.41, 5.74) is 4.36. The minimum Gasteiger partial charge on any atom is -0.313 e. The molecule has 0 spiro atoms. The van der Waals surface area contributed by atoms with Crippen molar-refractivity contribution in [3.8, 4) is 0 Å². The number of hydrogen-bond donors (Lipinski definition) is 3. The third-order valence-electron chi connectivity index (χ3n) is 10.2. The summed E-state index contributed by atoms with van der Waals surface area (Å²) in [6, 6.07) is 7.34. The van der Waals surface area contributed by atoms with Gasteiger partial charge in [0.2, 0.25) is 0 Å². The van der Waals surface area contributed by atoms with E-state index >= 15 is 0 Å². The van der Waals surface area contributed by atoms with Crippen LogP contribution in [0.2, 0.25) is 0 Å². The summed E-state index contributed by atoms with van der Waals surface area (Å²) >= 11 is 0. The maximum Gasteiger partial charge on any atom is 0.0205 e. The van der Waals surface area contributed by atoms with Gasteiger partial charge in [-0.1, -0.05) is 212 Å². The van der Waals surface area contributed by atoms with Crippen LogP contribution in [-0.2, 0) is 19.6 Å². The highest BCUT2D eigenvalue weighted by molar-refractivity contribution is 5.30. The molecule has 0 fully saturated rings. The Morgan fingerprint density at radius 1 is 0.271 bits per heavy atom. The van der Waals surface area contributed by atoms with Crippen LogP contribution in [0.15, 0.2) is 18.2 Å². The zero-order valence-electron chi connectivity index (χ0n) is 33.2. The molecule has 0 saturated heterocycles. The van der Waals surface area contributed by atoms with Gasteiger partial charge >= 0.3 is 0 Å². The van der Waals surface area contributed by atoms with Gasteiger partial charge < -0.3 is 16.0 Å². The first-order chi connectivity index (χ1) is 23.8. The van der Waals surface area contributed by atoms with E-state index < -0.39 is 0 Å². The fourth-order valence-corrected chi connectivity index (χ4v) is 7.06. The van der Waals surface area contributed by atoms with Crippen LogP contribution in [0.3, 0.4) is 0 Å². The van der Waals surface area contributed by atoms with E-state index in [4.69, 9.17) is 0 Å². The first-order valence-electron chi connectivity index (χ1n) is 22.0. The van der Waals surface area contributed by atoms with Crippen molar-refractivity contribution in [2.24, 2.45) is 0 Å². The van der Waals surface area contributed by atoms with Crippen molar-refractivity contribution >= 4 is 0 Å². The predicted molar refractivity (Wildman–Crippen MR) is 217 cm³/mol. The minimum absolute atomic E-state index is 0.995. The first kappa shape index (κ1) is 45.1. The lowest BCUT2D eigenvalue weighted by molar-refractivity contribution is 0.541. The second kappa shape index (κ2) is 37.4. The molecule has 0 saturated carbocycles. The Bertz CT molecular complexity index is 650. The van der Waals surface area contributed by atoms with E-state index in [0.29, 0.717) is 0 Å². The lowest BCUT2D eigenvalue weighted by Crippen LogP contribution is -2.19. The van der Waals surface area contributed by atoms with E-state index in [9.17, 15) is 0 Å². The average molecular weight is 670 g/mol. The van der Waals surface area contributed by atoms with E-state index in [0.717, 1.165) is 39.3 Å². The Kier molecular flexibility index (Phi) is 35.1. The number of unbranched alkanes of at least 4 members (excludes halogenated alkanes) is 27. The molecule has 0 amide bonds. The summed E-state index contributed by atoms with van der Waals surface area (Å²) in [5.74, 6) is 0. The highest BCUT2D eigenvalue weighted by atomic mass is 14.9. The quantitative estimate of drug-likeness (QED) is 0.0611. The van der Waals surface area contributed by atoms with Gasteiger partial charge in [-0.25, -0.2) is 0 Å². The Morgan fingerprint density at radius 3 is 0.667 bits per heavy atom. The zero-order valence-corrected chi connectivity index (χ0v) is 33.2. The van der Waals surface area contributed by atoms with E-state index in [2.05, 4.69) is 54.9 Å². The van der Waals surface area contributed by atoms with Crippen LogP contribution >= 0.6 is 0 Å². The minimum atomic E-state index is 0.995. The maximum absolute atomic E-state index is 3.77. The van der Waals surface area contributed by atoms with E-state index in [-0.39, 0.29) is 0 Å². The van der Waals surface area contributed by atoms with Crippen molar-refractivity contribution in [3.63, 3.8) is 0 Å². The number of benzene rings is 1. The van der Waals surface area contributed by atoms with Crippen molar-refractivity contribution in [2.75, 3.05) is 19.6 Å². The summed E-state index contributed by atoms with van der Waals surface area (Å²) in [7, 11) is 0. The third-order valence-corrected chi connectivity index (χ3v) is 10.2. The van der Waals surface area contributed by atoms with Crippen molar-refractivity contribution in [3.05, 3.63) is 34.9 Å². The molecule has 0 aliphatic heterocycles. The second-order valence-corrected chi connectivity index (χ2v) is 15.2. The first-order valence-corrected chi connectivity index (χ1v) is 22.0. The fraction of sp³-hybridized carbons (Fsp3) is 0.867. The Morgan fingerprint density at radius 2 is 0.458 bits per heavy atom. The van der Waals surface area contributed by atoms with Crippen LogP contribution in [0, 0.1) is 0 Å². The fourth-order valence-electron chi connectivity index (χ4n) is 7.06.